The van der Waals surface area contributed by atoms with E-state index in [1.165, 1.54) is 52.4 Å². The molecule has 11 heteroatoms. The number of nitrogens with zero attached hydrogens (tertiary/aromatic N) is 3. The van der Waals surface area contributed by atoms with E-state index in [0.29, 0.717) is 18.5 Å². The van der Waals surface area contributed by atoms with Crippen molar-refractivity contribution in [1.29, 1.82) is 0 Å². The number of likely N-dealkylation sites (N-methyl/N-ethyl adjacent to an activating group) is 2. The smallest absolute Gasteiger partial charge is 0.370 e. The highest BCUT2D eigenvalue weighted by Crippen LogP contribution is 2.32. The standard InChI is InChI=1S/C25H38F3N3O4S/c1-29(17-20-8-10-21(11-9-20)18-31-12-3-4-13-31)24(32)19-35-15-14-30(2)36(33,34)23-7-5-6-22(16-23)25(26,27)28/h5-7,16,20-21H,3-4,8-15,17-19H2,1-2H3/t20-,21-. The highest BCUT2D eigenvalue weighted by molar-refractivity contribution is 7.89. The molecule has 0 N–H and O–H groups in total. The lowest BCUT2D eigenvalue weighted by Crippen LogP contribution is -2.37. The Bertz CT molecular complexity index is 960. The summed E-state index contributed by atoms with van der Waals surface area (Å²) in [5.41, 5.74) is -1.03. The van der Waals surface area contributed by atoms with Crippen molar-refractivity contribution >= 4 is 15.9 Å². The van der Waals surface area contributed by atoms with Crippen LogP contribution in [-0.2, 0) is 25.7 Å². The Balaban J connectivity index is 1.35. The van der Waals surface area contributed by atoms with Crippen molar-refractivity contribution in [2.45, 2.75) is 49.6 Å². The highest BCUT2D eigenvalue weighted by Gasteiger charge is 2.32. The predicted octanol–water partition coefficient (Wildman–Crippen LogP) is 3.70. The quantitative estimate of drug-likeness (QED) is 0.406. The second kappa shape index (κ2) is 12.7. The predicted molar refractivity (Wildman–Crippen MR) is 131 cm³/mol. The van der Waals surface area contributed by atoms with Crippen molar-refractivity contribution in [2.75, 3.05) is 60.0 Å². The van der Waals surface area contributed by atoms with Crippen molar-refractivity contribution < 1.29 is 31.1 Å². The lowest BCUT2D eigenvalue weighted by atomic mass is 9.81. The van der Waals surface area contributed by atoms with Crippen LogP contribution in [0.4, 0.5) is 13.2 Å². The van der Waals surface area contributed by atoms with Crippen molar-refractivity contribution in [3.63, 3.8) is 0 Å². The molecule has 1 saturated carbocycles. The van der Waals surface area contributed by atoms with Crippen molar-refractivity contribution in [1.82, 2.24) is 14.1 Å². The van der Waals surface area contributed by atoms with Crippen molar-refractivity contribution in [2.24, 2.45) is 11.8 Å². The van der Waals surface area contributed by atoms with E-state index in [1.807, 2.05) is 0 Å². The Morgan fingerprint density at radius 3 is 2.36 bits per heavy atom. The summed E-state index contributed by atoms with van der Waals surface area (Å²) in [5, 5.41) is 0. The van der Waals surface area contributed by atoms with E-state index < -0.39 is 26.7 Å². The first-order chi connectivity index (χ1) is 17.0. The molecular weight excluding hydrogens is 495 g/mol. The van der Waals surface area contributed by atoms with Gasteiger partial charge in [-0.1, -0.05) is 6.07 Å². The van der Waals surface area contributed by atoms with Crippen LogP contribution in [-0.4, -0.2) is 88.5 Å². The van der Waals surface area contributed by atoms with Crippen LogP contribution < -0.4 is 0 Å². The number of carbonyl (C=O) groups excluding carboxylic acids is 1. The summed E-state index contributed by atoms with van der Waals surface area (Å²) < 4.78 is 70.3. The molecule has 2 aliphatic rings. The third kappa shape index (κ3) is 8.16. The van der Waals surface area contributed by atoms with Crippen molar-refractivity contribution in [3.8, 4) is 0 Å². The van der Waals surface area contributed by atoms with Gasteiger partial charge in [-0.2, -0.15) is 17.5 Å². The molecule has 1 aliphatic carbocycles. The first-order valence-corrected chi connectivity index (χ1v) is 14.1. The molecule has 1 aliphatic heterocycles. The Morgan fingerprint density at radius 1 is 1.08 bits per heavy atom. The highest BCUT2D eigenvalue weighted by atomic mass is 32.2. The SMILES string of the molecule is CN(C[C@H]1CC[C@H](CN2CCCC2)CC1)C(=O)COCCN(C)S(=O)(=O)c1cccc(C(F)(F)F)c1. The maximum absolute atomic E-state index is 12.9. The Kier molecular flexibility index (Phi) is 10.2. The molecule has 1 heterocycles. The molecule has 2 fully saturated rings. The number of halogens is 3. The third-order valence-corrected chi connectivity index (χ3v) is 9.14. The Labute approximate surface area is 212 Å². The number of sulfonamides is 1. The van der Waals surface area contributed by atoms with E-state index in [2.05, 4.69) is 4.90 Å². The van der Waals surface area contributed by atoms with Crippen LogP contribution in [0.5, 0.6) is 0 Å². The molecular formula is C25H38F3N3O4S. The summed E-state index contributed by atoms with van der Waals surface area (Å²) in [6, 6.07) is 3.63. The number of ether oxygens (including phenoxy) is 1. The molecule has 204 valence electrons. The number of benzene rings is 1. The lowest BCUT2D eigenvalue weighted by molar-refractivity contribution is -0.138. The molecule has 1 aromatic rings. The van der Waals surface area contributed by atoms with Gasteiger partial charge in [0.1, 0.15) is 6.61 Å². The number of amides is 1. The van der Waals surface area contributed by atoms with Gasteiger partial charge in [0.15, 0.2) is 0 Å². The van der Waals surface area contributed by atoms with E-state index in [9.17, 15) is 26.4 Å². The lowest BCUT2D eigenvalue weighted by Gasteiger charge is -2.33. The maximum Gasteiger partial charge on any atom is 0.416 e. The summed E-state index contributed by atoms with van der Waals surface area (Å²) in [6.07, 6.45) is 2.63. The van der Waals surface area contributed by atoms with Crippen LogP contribution in [0.2, 0.25) is 0 Å². The van der Waals surface area contributed by atoms with Crippen LogP contribution in [0.15, 0.2) is 29.2 Å². The maximum atomic E-state index is 12.9. The normalized spacial score (nSPS) is 21.7. The second-order valence-corrected chi connectivity index (χ2v) is 12.1. The van der Waals surface area contributed by atoms with Crippen molar-refractivity contribution in [3.05, 3.63) is 29.8 Å². The molecule has 3 rings (SSSR count). The number of hydrogen-bond acceptors (Lipinski definition) is 5. The van der Waals surface area contributed by atoms with E-state index in [1.54, 1.807) is 11.9 Å². The second-order valence-electron chi connectivity index (χ2n) is 10.1. The zero-order valence-electron chi connectivity index (χ0n) is 21.2. The van der Waals surface area contributed by atoms with E-state index in [0.717, 1.165) is 41.3 Å². The van der Waals surface area contributed by atoms with Crippen LogP contribution >= 0.6 is 0 Å². The fourth-order valence-corrected chi connectivity index (χ4v) is 6.21. The van der Waals surface area contributed by atoms with E-state index >= 15 is 0 Å². The number of rotatable bonds is 11. The summed E-state index contributed by atoms with van der Waals surface area (Å²) in [6.45, 7) is 4.04. The zero-order chi connectivity index (χ0) is 26.3. The van der Waals surface area contributed by atoms with Gasteiger partial charge in [0.05, 0.1) is 17.1 Å². The molecule has 7 nitrogen and oxygen atoms in total. The molecule has 1 saturated heterocycles. The zero-order valence-corrected chi connectivity index (χ0v) is 22.0. The molecule has 0 atom stereocenters. The minimum absolute atomic E-state index is 0.0458. The molecule has 0 spiro atoms. The molecule has 1 amide bonds. The molecule has 0 radical (unpaired) electrons. The molecule has 0 unspecified atom stereocenters. The van der Waals surface area contributed by atoms with Gasteiger partial charge >= 0.3 is 6.18 Å². The number of carbonyl (C=O) groups is 1. The third-order valence-electron chi connectivity index (χ3n) is 7.28. The van der Waals surface area contributed by atoms with Gasteiger partial charge in [0, 0.05) is 33.7 Å². The summed E-state index contributed by atoms with van der Waals surface area (Å²) in [5.74, 6) is 1.07. The summed E-state index contributed by atoms with van der Waals surface area (Å²) in [4.78, 5) is 16.3. The topological polar surface area (TPSA) is 70.2 Å². The minimum Gasteiger partial charge on any atom is -0.370 e. The monoisotopic (exact) mass is 533 g/mol. The van der Waals surface area contributed by atoms with Gasteiger partial charge in [-0.25, -0.2) is 8.42 Å². The number of alkyl halides is 3. The Morgan fingerprint density at radius 2 is 1.72 bits per heavy atom. The van der Waals surface area contributed by atoms with Gasteiger partial charge in [0.25, 0.3) is 0 Å². The van der Waals surface area contributed by atoms with Crippen LogP contribution in [0.25, 0.3) is 0 Å². The van der Waals surface area contributed by atoms with Crippen LogP contribution in [0, 0.1) is 11.8 Å². The van der Waals surface area contributed by atoms with E-state index in [4.69, 9.17) is 4.74 Å². The first-order valence-electron chi connectivity index (χ1n) is 12.6. The van der Waals surface area contributed by atoms with Gasteiger partial charge < -0.3 is 14.5 Å². The van der Waals surface area contributed by atoms with Gasteiger partial charge in [-0.15, -0.1) is 0 Å². The van der Waals surface area contributed by atoms with E-state index in [-0.39, 0.29) is 25.7 Å². The van der Waals surface area contributed by atoms with Gasteiger partial charge in [0.2, 0.25) is 15.9 Å². The van der Waals surface area contributed by atoms with Gasteiger partial charge in [-0.3, -0.25) is 4.79 Å². The average molecular weight is 534 g/mol. The summed E-state index contributed by atoms with van der Waals surface area (Å²) >= 11 is 0. The van der Waals surface area contributed by atoms with Gasteiger partial charge in [-0.05, 0) is 81.6 Å². The fourth-order valence-electron chi connectivity index (χ4n) is 5.01. The number of likely N-dealkylation sites (tertiary alicyclic amines) is 1. The van der Waals surface area contributed by atoms with Crippen LogP contribution in [0.1, 0.15) is 44.1 Å². The minimum atomic E-state index is -4.63. The average Bonchev–Trinajstić information content (AvgIpc) is 3.35. The molecule has 0 aromatic heterocycles. The molecule has 36 heavy (non-hydrogen) atoms. The largest absolute Gasteiger partial charge is 0.416 e. The summed E-state index contributed by atoms with van der Waals surface area (Å²) in [7, 11) is -1.09. The van der Waals surface area contributed by atoms with Crippen LogP contribution in [0.3, 0.4) is 0 Å². The number of hydrogen-bond donors (Lipinski definition) is 0. The first kappa shape index (κ1) is 28.9. The fraction of sp³-hybridized carbons (Fsp3) is 0.720. The Hall–Kier alpha value is -1.69. The molecule has 1 aromatic carbocycles. The molecule has 0 bridgehead atoms.